The molecule has 0 spiro atoms. The van der Waals surface area contributed by atoms with E-state index in [1.165, 1.54) is 0 Å². The van der Waals surface area contributed by atoms with Gasteiger partial charge in [0.05, 0.1) is 18.7 Å². The zero-order valence-corrected chi connectivity index (χ0v) is 14.2. The van der Waals surface area contributed by atoms with Gasteiger partial charge >= 0.3 is 6.03 Å². The highest BCUT2D eigenvalue weighted by molar-refractivity contribution is 5.76. The van der Waals surface area contributed by atoms with Gasteiger partial charge in [-0.25, -0.2) is 4.79 Å². The molecule has 1 unspecified atom stereocenters. The molecule has 4 nitrogen and oxygen atoms in total. The third kappa shape index (κ3) is 3.15. The number of likely N-dealkylation sites (tertiary alicyclic amines) is 1. The van der Waals surface area contributed by atoms with Crippen molar-refractivity contribution < 1.29 is 9.90 Å². The van der Waals surface area contributed by atoms with E-state index in [0.29, 0.717) is 6.54 Å². The Morgan fingerprint density at radius 2 is 1.67 bits per heavy atom. The average Bonchev–Trinajstić information content (AvgIpc) is 2.53. The lowest BCUT2D eigenvalue weighted by atomic mass is 9.92. The van der Waals surface area contributed by atoms with E-state index in [1.54, 1.807) is 4.90 Å². The Balaban J connectivity index is 1.93. The summed E-state index contributed by atoms with van der Waals surface area (Å²) in [6, 6.07) is 15.9. The quantitative estimate of drug-likeness (QED) is 0.907. The number of hydrogen-bond acceptors (Lipinski definition) is 2. The highest BCUT2D eigenvalue weighted by atomic mass is 16.3. The number of nitrogens with zero attached hydrogens (tertiary/aromatic N) is 1. The van der Waals surface area contributed by atoms with Crippen LogP contribution in [0, 0.1) is 13.8 Å². The number of benzene rings is 2. The van der Waals surface area contributed by atoms with Crippen molar-refractivity contribution in [3.8, 4) is 0 Å². The summed E-state index contributed by atoms with van der Waals surface area (Å²) >= 11 is 0. The number of rotatable bonds is 4. The number of hydrogen-bond donors (Lipinski definition) is 2. The molecule has 0 radical (unpaired) electrons. The Morgan fingerprint density at radius 3 is 2.08 bits per heavy atom. The average molecular weight is 324 g/mol. The van der Waals surface area contributed by atoms with Crippen molar-refractivity contribution in [2.45, 2.75) is 32.4 Å². The number of aliphatic hydroxyl groups excluding tert-OH is 1. The molecule has 24 heavy (non-hydrogen) atoms. The normalized spacial score (nSPS) is 16.8. The number of nitrogens with one attached hydrogen (secondary N) is 1. The van der Waals surface area contributed by atoms with Gasteiger partial charge in [0.25, 0.3) is 0 Å². The Kier molecular flexibility index (Phi) is 4.86. The number of carbonyl (C=O) groups excluding carboxylic acids is 1. The number of aryl methyl sites for hydroxylation is 2. The van der Waals surface area contributed by atoms with Gasteiger partial charge in [-0.05, 0) is 42.5 Å². The molecule has 3 rings (SSSR count). The van der Waals surface area contributed by atoms with E-state index >= 15 is 0 Å². The molecule has 1 aliphatic rings. The van der Waals surface area contributed by atoms with Crippen LogP contribution in [-0.2, 0) is 0 Å². The predicted octanol–water partition coefficient (Wildman–Crippen LogP) is 3.17. The van der Waals surface area contributed by atoms with Gasteiger partial charge in [0.15, 0.2) is 0 Å². The molecular formula is C20H24N2O2. The van der Waals surface area contributed by atoms with Gasteiger partial charge in [-0.15, -0.1) is 0 Å². The molecule has 1 heterocycles. The zero-order chi connectivity index (χ0) is 17.1. The number of aliphatic hydroxyl groups is 1. The van der Waals surface area contributed by atoms with Crippen LogP contribution in [0.2, 0.25) is 0 Å². The SMILES string of the molecule is Cc1ccccc1C(NC(=O)N1CCC1CO)c1ccccc1C. The molecule has 2 aromatic rings. The lowest BCUT2D eigenvalue weighted by Crippen LogP contribution is -2.56. The molecule has 2 amide bonds. The number of amides is 2. The summed E-state index contributed by atoms with van der Waals surface area (Å²) in [6.07, 6.45) is 0.864. The predicted molar refractivity (Wildman–Crippen MR) is 94.9 cm³/mol. The van der Waals surface area contributed by atoms with E-state index in [-0.39, 0.29) is 24.7 Å². The maximum absolute atomic E-state index is 12.7. The third-order valence-electron chi connectivity index (χ3n) is 4.88. The fourth-order valence-corrected chi connectivity index (χ4v) is 3.25. The molecule has 126 valence electrons. The van der Waals surface area contributed by atoms with E-state index in [4.69, 9.17) is 0 Å². The topological polar surface area (TPSA) is 52.6 Å². The maximum atomic E-state index is 12.7. The molecule has 1 fully saturated rings. The summed E-state index contributed by atoms with van der Waals surface area (Å²) in [5, 5.41) is 12.5. The lowest BCUT2D eigenvalue weighted by Gasteiger charge is -2.40. The Bertz CT molecular complexity index is 682. The molecule has 1 aliphatic heterocycles. The van der Waals surface area contributed by atoms with Crippen molar-refractivity contribution in [3.05, 3.63) is 70.8 Å². The van der Waals surface area contributed by atoms with Crippen molar-refractivity contribution >= 4 is 6.03 Å². The summed E-state index contributed by atoms with van der Waals surface area (Å²) in [7, 11) is 0. The van der Waals surface area contributed by atoms with Crippen molar-refractivity contribution in [1.29, 1.82) is 0 Å². The third-order valence-corrected chi connectivity index (χ3v) is 4.88. The van der Waals surface area contributed by atoms with Crippen LogP contribution in [0.4, 0.5) is 4.79 Å². The second kappa shape index (κ2) is 7.05. The first kappa shape index (κ1) is 16.5. The van der Waals surface area contributed by atoms with Gasteiger partial charge in [-0.2, -0.15) is 0 Å². The molecule has 4 heteroatoms. The van der Waals surface area contributed by atoms with Crippen molar-refractivity contribution in [2.75, 3.05) is 13.2 Å². The van der Waals surface area contributed by atoms with Crippen molar-refractivity contribution in [2.24, 2.45) is 0 Å². The molecule has 0 aliphatic carbocycles. The molecule has 0 saturated carbocycles. The summed E-state index contributed by atoms with van der Waals surface area (Å²) < 4.78 is 0. The number of urea groups is 1. The first-order valence-electron chi connectivity index (χ1n) is 8.41. The first-order chi connectivity index (χ1) is 11.6. The fourth-order valence-electron chi connectivity index (χ4n) is 3.25. The van der Waals surface area contributed by atoms with E-state index < -0.39 is 0 Å². The second-order valence-electron chi connectivity index (χ2n) is 6.41. The second-order valence-corrected chi connectivity index (χ2v) is 6.41. The van der Waals surface area contributed by atoms with Gasteiger partial charge in [-0.1, -0.05) is 48.5 Å². The molecule has 2 aromatic carbocycles. The Morgan fingerprint density at radius 1 is 1.12 bits per heavy atom. The van der Waals surface area contributed by atoms with E-state index in [2.05, 4.69) is 43.4 Å². The minimum Gasteiger partial charge on any atom is -0.394 e. The van der Waals surface area contributed by atoms with E-state index in [9.17, 15) is 9.90 Å². The van der Waals surface area contributed by atoms with Gasteiger partial charge in [0, 0.05) is 6.54 Å². The van der Waals surface area contributed by atoms with Crippen LogP contribution in [0.15, 0.2) is 48.5 Å². The lowest BCUT2D eigenvalue weighted by molar-refractivity contribution is 0.0693. The Hall–Kier alpha value is -2.33. The maximum Gasteiger partial charge on any atom is 0.318 e. The molecular weight excluding hydrogens is 300 g/mol. The highest BCUT2D eigenvalue weighted by Crippen LogP contribution is 2.28. The standard InChI is InChI=1S/C20H24N2O2/c1-14-7-3-5-9-17(14)19(18-10-6-4-8-15(18)2)21-20(24)22-12-11-16(22)13-23/h3-10,16,19,23H,11-13H2,1-2H3,(H,21,24). The molecule has 2 N–H and O–H groups in total. The smallest absolute Gasteiger partial charge is 0.318 e. The van der Waals surface area contributed by atoms with Crippen LogP contribution in [0.25, 0.3) is 0 Å². The van der Waals surface area contributed by atoms with Gasteiger partial charge in [0.2, 0.25) is 0 Å². The molecule has 0 aromatic heterocycles. The molecule has 0 bridgehead atoms. The monoisotopic (exact) mass is 324 g/mol. The van der Waals surface area contributed by atoms with E-state index in [1.807, 2.05) is 24.3 Å². The van der Waals surface area contributed by atoms with E-state index in [0.717, 1.165) is 28.7 Å². The largest absolute Gasteiger partial charge is 0.394 e. The summed E-state index contributed by atoms with van der Waals surface area (Å²) in [6.45, 7) is 4.85. The van der Waals surface area contributed by atoms with Crippen LogP contribution in [0.5, 0.6) is 0 Å². The van der Waals surface area contributed by atoms with Crippen molar-refractivity contribution in [1.82, 2.24) is 10.2 Å². The minimum absolute atomic E-state index is 0.0207. The highest BCUT2D eigenvalue weighted by Gasteiger charge is 2.33. The Labute approximate surface area is 143 Å². The van der Waals surface area contributed by atoms with Crippen LogP contribution < -0.4 is 5.32 Å². The van der Waals surface area contributed by atoms with Crippen LogP contribution in [0.1, 0.15) is 34.7 Å². The van der Waals surface area contributed by atoms with Crippen LogP contribution >= 0.6 is 0 Å². The fraction of sp³-hybridized carbons (Fsp3) is 0.350. The first-order valence-corrected chi connectivity index (χ1v) is 8.41. The number of carbonyl (C=O) groups is 1. The molecule has 1 atom stereocenters. The van der Waals surface area contributed by atoms with Gasteiger partial charge < -0.3 is 15.3 Å². The molecule has 1 saturated heterocycles. The minimum atomic E-state index is -0.195. The summed E-state index contributed by atoms with van der Waals surface area (Å²) in [5.74, 6) is 0. The van der Waals surface area contributed by atoms with Crippen LogP contribution in [-0.4, -0.2) is 35.2 Å². The zero-order valence-electron chi connectivity index (χ0n) is 14.2. The van der Waals surface area contributed by atoms with Gasteiger partial charge in [-0.3, -0.25) is 0 Å². The van der Waals surface area contributed by atoms with Crippen molar-refractivity contribution in [3.63, 3.8) is 0 Å². The summed E-state index contributed by atoms with van der Waals surface area (Å²) in [4.78, 5) is 14.4. The van der Waals surface area contributed by atoms with Gasteiger partial charge in [0.1, 0.15) is 0 Å². The van der Waals surface area contributed by atoms with Crippen LogP contribution in [0.3, 0.4) is 0 Å². The summed E-state index contributed by atoms with van der Waals surface area (Å²) in [5.41, 5.74) is 4.49.